The largest absolute Gasteiger partial charge is 0.481 e. The number of carbonyl (C=O) groups is 2. The molecule has 0 aliphatic heterocycles. The van der Waals surface area contributed by atoms with Gasteiger partial charge in [0.25, 0.3) is 0 Å². The summed E-state index contributed by atoms with van der Waals surface area (Å²) in [5.74, 6) is -1.17. The molecule has 0 bridgehead atoms. The van der Waals surface area contributed by atoms with Crippen molar-refractivity contribution in [1.29, 1.82) is 0 Å². The third-order valence-electron chi connectivity index (χ3n) is 2.41. The zero-order valence-electron chi connectivity index (χ0n) is 11.8. The van der Waals surface area contributed by atoms with Crippen molar-refractivity contribution < 1.29 is 28.9 Å². The van der Waals surface area contributed by atoms with Crippen molar-refractivity contribution in [3.63, 3.8) is 0 Å². The van der Waals surface area contributed by atoms with Crippen molar-refractivity contribution in [1.82, 2.24) is 0 Å². The number of carbonyl (C=O) groups excluding carboxylic acids is 1. The van der Waals surface area contributed by atoms with Crippen LogP contribution in [0.5, 0.6) is 0 Å². The minimum absolute atomic E-state index is 0.132. The van der Waals surface area contributed by atoms with Gasteiger partial charge in [-0.2, -0.15) is 4.65 Å². The highest BCUT2D eigenvalue weighted by atomic mass is 16.7. The highest BCUT2D eigenvalue weighted by Gasteiger charge is 2.28. The van der Waals surface area contributed by atoms with Crippen LogP contribution in [-0.2, 0) is 19.2 Å². The lowest BCUT2D eigenvalue weighted by atomic mass is 10.1. The van der Waals surface area contributed by atoms with Crippen molar-refractivity contribution in [2.45, 2.75) is 32.8 Å². The normalized spacial score (nSPS) is 13.4. The lowest BCUT2D eigenvalue weighted by Gasteiger charge is -2.28. The Morgan fingerprint density at radius 2 is 1.78 bits per heavy atom. The first-order chi connectivity index (χ1) is 8.16. The second kappa shape index (κ2) is 7.33. The molecule has 0 aliphatic carbocycles. The third kappa shape index (κ3) is 8.03. The van der Waals surface area contributed by atoms with Crippen LogP contribution in [0.3, 0.4) is 0 Å². The quantitative estimate of drug-likeness (QED) is 0.402. The zero-order chi connectivity index (χ0) is 14.3. The van der Waals surface area contributed by atoms with Gasteiger partial charge in [-0.3, -0.25) is 9.59 Å². The monoisotopic (exact) mass is 262 g/mol. The molecule has 0 aromatic heterocycles. The van der Waals surface area contributed by atoms with E-state index in [0.29, 0.717) is 6.54 Å². The van der Waals surface area contributed by atoms with Gasteiger partial charge in [0, 0.05) is 6.42 Å². The number of aliphatic carboxylic acids is 1. The topological polar surface area (TPSA) is 72.8 Å². The van der Waals surface area contributed by atoms with E-state index in [1.165, 1.54) is 7.11 Å². The van der Waals surface area contributed by atoms with Crippen LogP contribution in [0.25, 0.3) is 0 Å². The molecule has 0 aliphatic rings. The molecule has 6 nitrogen and oxygen atoms in total. The molecular weight excluding hydrogens is 238 g/mol. The molecule has 1 atom stereocenters. The molecule has 1 N–H and O–H groups in total. The van der Waals surface area contributed by atoms with Crippen molar-refractivity contribution in [2.24, 2.45) is 5.92 Å². The van der Waals surface area contributed by atoms with E-state index in [2.05, 4.69) is 0 Å². The van der Waals surface area contributed by atoms with E-state index in [4.69, 9.17) is 14.7 Å². The molecular formula is C12H24NO5+. The molecule has 0 radical (unpaired) electrons. The van der Waals surface area contributed by atoms with Gasteiger partial charge in [-0.1, -0.05) is 13.8 Å². The van der Waals surface area contributed by atoms with Gasteiger partial charge in [0.05, 0.1) is 27.6 Å². The van der Waals surface area contributed by atoms with E-state index in [1.54, 1.807) is 14.1 Å². The minimum atomic E-state index is -0.992. The van der Waals surface area contributed by atoms with Gasteiger partial charge < -0.3 is 9.84 Å². The van der Waals surface area contributed by atoms with Crippen LogP contribution in [0.15, 0.2) is 0 Å². The van der Waals surface area contributed by atoms with Crippen LogP contribution >= 0.6 is 0 Å². The zero-order valence-corrected chi connectivity index (χ0v) is 11.8. The van der Waals surface area contributed by atoms with E-state index in [9.17, 15) is 9.59 Å². The second-order valence-electron chi connectivity index (χ2n) is 5.25. The van der Waals surface area contributed by atoms with Gasteiger partial charge in [0.2, 0.25) is 0 Å². The number of nitrogens with zero attached hydrogens (tertiary/aromatic N) is 1. The number of carboxylic acid groups (broad SMARTS) is 1. The second-order valence-corrected chi connectivity index (χ2v) is 5.25. The Balaban J connectivity index is 4.49. The molecule has 106 valence electrons. The SMILES string of the molecule is CO[N+](C)(C)C[C@@H](CC(=O)O)OC(=O)CC(C)C. The van der Waals surface area contributed by atoms with Crippen LogP contribution in [-0.4, -0.2) is 55.5 Å². The summed E-state index contributed by atoms with van der Waals surface area (Å²) in [5.41, 5.74) is 0. The highest BCUT2D eigenvalue weighted by Crippen LogP contribution is 2.10. The molecule has 0 saturated heterocycles. The van der Waals surface area contributed by atoms with Crippen molar-refractivity contribution in [2.75, 3.05) is 27.7 Å². The Hall–Kier alpha value is -1.14. The fraction of sp³-hybridized carbons (Fsp3) is 0.833. The summed E-state index contributed by atoms with van der Waals surface area (Å²) >= 11 is 0. The van der Waals surface area contributed by atoms with E-state index in [-0.39, 0.29) is 29.4 Å². The molecule has 0 aromatic carbocycles. The molecule has 0 unspecified atom stereocenters. The number of quaternary nitrogens is 1. The molecule has 0 amide bonds. The Morgan fingerprint density at radius 3 is 2.17 bits per heavy atom. The molecule has 18 heavy (non-hydrogen) atoms. The maximum absolute atomic E-state index is 11.6. The van der Waals surface area contributed by atoms with Gasteiger partial charge in [0.15, 0.2) is 6.10 Å². The van der Waals surface area contributed by atoms with Gasteiger partial charge in [-0.05, 0) is 5.92 Å². The van der Waals surface area contributed by atoms with Crippen molar-refractivity contribution in [3.8, 4) is 0 Å². The standard InChI is InChI=1S/C12H23NO5/c1-9(2)6-12(16)18-10(7-11(14)15)8-13(3,4)17-5/h9-10H,6-8H2,1-5H3/p+1/t10-/m1/s1. The summed E-state index contributed by atoms with van der Waals surface area (Å²) in [6.07, 6.45) is -0.602. The van der Waals surface area contributed by atoms with E-state index < -0.39 is 12.1 Å². The molecule has 0 rings (SSSR count). The van der Waals surface area contributed by atoms with Crippen LogP contribution in [0.2, 0.25) is 0 Å². The molecule has 0 spiro atoms. The minimum Gasteiger partial charge on any atom is -0.481 e. The predicted octanol–water partition coefficient (Wildman–Crippen LogP) is 1.06. The summed E-state index contributed by atoms with van der Waals surface area (Å²) in [4.78, 5) is 27.5. The summed E-state index contributed by atoms with van der Waals surface area (Å²) in [5, 5.41) is 8.81. The number of ether oxygens (including phenoxy) is 1. The van der Waals surface area contributed by atoms with Crippen LogP contribution < -0.4 is 0 Å². The lowest BCUT2D eigenvalue weighted by Crippen LogP contribution is -2.46. The Kier molecular flexibility index (Phi) is 6.86. The highest BCUT2D eigenvalue weighted by molar-refractivity contribution is 5.71. The van der Waals surface area contributed by atoms with Crippen molar-refractivity contribution in [3.05, 3.63) is 0 Å². The van der Waals surface area contributed by atoms with Gasteiger partial charge in [-0.25, -0.2) is 4.84 Å². The van der Waals surface area contributed by atoms with Crippen LogP contribution in [0.1, 0.15) is 26.7 Å². The fourth-order valence-corrected chi connectivity index (χ4v) is 1.47. The first-order valence-electron chi connectivity index (χ1n) is 5.96. The number of likely N-dealkylation sites (N-methyl/N-ethyl adjacent to an activating group) is 1. The maximum Gasteiger partial charge on any atom is 0.307 e. The summed E-state index contributed by atoms with van der Waals surface area (Å²) in [7, 11) is 5.06. The Morgan fingerprint density at radius 1 is 1.22 bits per heavy atom. The molecule has 0 aromatic rings. The predicted molar refractivity (Wildman–Crippen MR) is 65.6 cm³/mol. The van der Waals surface area contributed by atoms with Crippen LogP contribution in [0, 0.1) is 5.92 Å². The summed E-state index contributed by atoms with van der Waals surface area (Å²) in [6, 6.07) is 0. The van der Waals surface area contributed by atoms with E-state index in [1.807, 2.05) is 13.8 Å². The molecule has 0 heterocycles. The molecule has 0 saturated carbocycles. The molecule has 6 heteroatoms. The van der Waals surface area contributed by atoms with E-state index in [0.717, 1.165) is 0 Å². The number of carboxylic acids is 1. The van der Waals surface area contributed by atoms with Crippen LogP contribution in [0.4, 0.5) is 0 Å². The number of esters is 1. The fourth-order valence-electron chi connectivity index (χ4n) is 1.47. The van der Waals surface area contributed by atoms with E-state index >= 15 is 0 Å². The molecule has 0 fully saturated rings. The number of hydrogen-bond donors (Lipinski definition) is 1. The third-order valence-corrected chi connectivity index (χ3v) is 2.41. The summed E-state index contributed by atoms with van der Waals surface area (Å²) < 4.78 is 5.33. The lowest BCUT2D eigenvalue weighted by molar-refractivity contribution is -1.07. The summed E-state index contributed by atoms with van der Waals surface area (Å²) in [6.45, 7) is 4.11. The Bertz CT molecular complexity index is 288. The number of hydroxylamine groups is 3. The first kappa shape index (κ1) is 16.9. The smallest absolute Gasteiger partial charge is 0.307 e. The van der Waals surface area contributed by atoms with Crippen molar-refractivity contribution >= 4 is 11.9 Å². The first-order valence-corrected chi connectivity index (χ1v) is 5.96. The average Bonchev–Trinajstić information content (AvgIpc) is 2.14. The van der Waals surface area contributed by atoms with Gasteiger partial charge in [-0.15, -0.1) is 0 Å². The number of rotatable bonds is 8. The maximum atomic E-state index is 11.6. The average molecular weight is 262 g/mol. The number of hydrogen-bond acceptors (Lipinski definition) is 4. The van der Waals surface area contributed by atoms with Gasteiger partial charge in [0.1, 0.15) is 6.54 Å². The Labute approximate surface area is 108 Å². The van der Waals surface area contributed by atoms with Gasteiger partial charge >= 0.3 is 11.9 Å².